The predicted molar refractivity (Wildman–Crippen MR) is 112 cm³/mol. The number of amides is 1. The van der Waals surface area contributed by atoms with Crippen molar-refractivity contribution in [1.29, 1.82) is 0 Å². The van der Waals surface area contributed by atoms with E-state index in [1.54, 1.807) is 26.0 Å². The lowest BCUT2D eigenvalue weighted by molar-refractivity contribution is -0.118. The number of nitrogens with one attached hydrogen (secondary N) is 1. The van der Waals surface area contributed by atoms with E-state index >= 15 is 0 Å². The lowest BCUT2D eigenvalue weighted by atomic mass is 9.90. The Hall–Kier alpha value is -2.82. The number of hydrogen-bond donors (Lipinski definition) is 2. The average molecular weight is 380 g/mol. The molecule has 0 saturated carbocycles. The molecule has 3 rings (SSSR count). The number of anilines is 2. The van der Waals surface area contributed by atoms with Crippen LogP contribution in [0.5, 0.6) is 0 Å². The Bertz CT molecular complexity index is 825. The van der Waals surface area contributed by atoms with E-state index < -0.39 is 5.97 Å². The Kier molecular flexibility index (Phi) is 6.34. The molecule has 0 spiro atoms. The molecule has 0 aliphatic carbocycles. The second kappa shape index (κ2) is 8.91. The minimum absolute atomic E-state index is 0.137. The topological polar surface area (TPSA) is 69.6 Å². The lowest BCUT2D eigenvalue weighted by Gasteiger charge is -2.34. The summed E-state index contributed by atoms with van der Waals surface area (Å²) in [5.41, 5.74) is 2.77. The Labute approximate surface area is 166 Å². The zero-order valence-electron chi connectivity index (χ0n) is 16.5. The number of rotatable bonds is 6. The van der Waals surface area contributed by atoms with Crippen LogP contribution in [0.3, 0.4) is 0 Å². The number of carbonyl (C=O) groups excluding carboxylic acids is 1. The summed E-state index contributed by atoms with van der Waals surface area (Å²) in [4.78, 5) is 25.9. The van der Waals surface area contributed by atoms with Crippen LogP contribution in [0, 0.1) is 11.8 Å². The summed E-state index contributed by atoms with van der Waals surface area (Å²) in [7, 11) is 0. The SMILES string of the molecule is CC(C)C(=O)Nc1ccc(N2CCC(Cc3ccccc3)CC2)cc1C(=O)O. The van der Waals surface area contributed by atoms with Gasteiger partial charge < -0.3 is 15.3 Å². The van der Waals surface area contributed by atoms with Crippen LogP contribution in [0.1, 0.15) is 42.6 Å². The maximum atomic E-state index is 11.9. The van der Waals surface area contributed by atoms with Crippen molar-refractivity contribution in [1.82, 2.24) is 0 Å². The molecule has 148 valence electrons. The van der Waals surface area contributed by atoms with Gasteiger partial charge in [0, 0.05) is 24.7 Å². The molecule has 0 bridgehead atoms. The van der Waals surface area contributed by atoms with Gasteiger partial charge in [0.25, 0.3) is 0 Å². The van der Waals surface area contributed by atoms with Gasteiger partial charge in [-0.15, -0.1) is 0 Å². The molecule has 5 heteroatoms. The molecule has 0 radical (unpaired) electrons. The Balaban J connectivity index is 1.66. The summed E-state index contributed by atoms with van der Waals surface area (Å²) >= 11 is 0. The quantitative estimate of drug-likeness (QED) is 0.777. The first-order valence-electron chi connectivity index (χ1n) is 9.91. The van der Waals surface area contributed by atoms with E-state index in [4.69, 9.17) is 0 Å². The lowest BCUT2D eigenvalue weighted by Crippen LogP contribution is -2.34. The van der Waals surface area contributed by atoms with Crippen molar-refractivity contribution in [3.63, 3.8) is 0 Å². The van der Waals surface area contributed by atoms with Crippen LogP contribution in [-0.2, 0) is 11.2 Å². The number of piperidine rings is 1. The second-order valence-electron chi connectivity index (χ2n) is 7.80. The normalized spacial score (nSPS) is 14.9. The molecule has 2 N–H and O–H groups in total. The monoisotopic (exact) mass is 380 g/mol. The number of carbonyl (C=O) groups is 2. The van der Waals surface area contributed by atoms with E-state index in [-0.39, 0.29) is 17.4 Å². The highest BCUT2D eigenvalue weighted by molar-refractivity contribution is 6.01. The molecule has 1 fully saturated rings. The molecule has 0 aromatic heterocycles. The van der Waals surface area contributed by atoms with Gasteiger partial charge in [0.2, 0.25) is 5.91 Å². The first-order chi connectivity index (χ1) is 13.4. The fourth-order valence-electron chi connectivity index (χ4n) is 3.63. The van der Waals surface area contributed by atoms with Crippen molar-refractivity contribution in [2.45, 2.75) is 33.1 Å². The van der Waals surface area contributed by atoms with Gasteiger partial charge in [0.1, 0.15) is 0 Å². The summed E-state index contributed by atoms with van der Waals surface area (Å²) in [6.07, 6.45) is 3.27. The van der Waals surface area contributed by atoms with Gasteiger partial charge in [-0.05, 0) is 48.9 Å². The predicted octanol–water partition coefficient (Wildman–Crippen LogP) is 4.44. The summed E-state index contributed by atoms with van der Waals surface area (Å²) in [6, 6.07) is 15.8. The molecule has 28 heavy (non-hydrogen) atoms. The third-order valence-corrected chi connectivity index (χ3v) is 5.36. The molecular weight excluding hydrogens is 352 g/mol. The third-order valence-electron chi connectivity index (χ3n) is 5.36. The van der Waals surface area contributed by atoms with Gasteiger partial charge in [-0.1, -0.05) is 44.2 Å². The van der Waals surface area contributed by atoms with Gasteiger partial charge >= 0.3 is 5.97 Å². The third kappa shape index (κ3) is 4.91. The van der Waals surface area contributed by atoms with Crippen molar-refractivity contribution < 1.29 is 14.7 Å². The van der Waals surface area contributed by atoms with Crippen molar-refractivity contribution in [2.75, 3.05) is 23.3 Å². The van der Waals surface area contributed by atoms with Crippen LogP contribution in [0.2, 0.25) is 0 Å². The zero-order valence-corrected chi connectivity index (χ0v) is 16.5. The summed E-state index contributed by atoms with van der Waals surface area (Å²) in [5.74, 6) is -0.760. The summed E-state index contributed by atoms with van der Waals surface area (Å²) in [6.45, 7) is 5.38. The van der Waals surface area contributed by atoms with Gasteiger partial charge in [0.15, 0.2) is 0 Å². The molecule has 1 saturated heterocycles. The Morgan fingerprint density at radius 1 is 1.11 bits per heavy atom. The zero-order chi connectivity index (χ0) is 20.1. The van der Waals surface area contributed by atoms with Crippen LogP contribution in [-0.4, -0.2) is 30.1 Å². The number of carboxylic acids is 1. The van der Waals surface area contributed by atoms with E-state index in [2.05, 4.69) is 34.5 Å². The van der Waals surface area contributed by atoms with Crippen LogP contribution < -0.4 is 10.2 Å². The number of hydrogen-bond acceptors (Lipinski definition) is 3. The highest BCUT2D eigenvalue weighted by atomic mass is 16.4. The maximum absolute atomic E-state index is 11.9. The van der Waals surface area contributed by atoms with E-state index in [9.17, 15) is 14.7 Å². The average Bonchev–Trinajstić information content (AvgIpc) is 2.69. The Morgan fingerprint density at radius 2 is 1.79 bits per heavy atom. The number of nitrogens with zero attached hydrogens (tertiary/aromatic N) is 1. The highest BCUT2D eigenvalue weighted by Crippen LogP contribution is 2.29. The van der Waals surface area contributed by atoms with Gasteiger partial charge in [-0.25, -0.2) is 4.79 Å². The number of carboxylic acid groups (broad SMARTS) is 1. The van der Waals surface area contributed by atoms with Gasteiger partial charge in [-0.3, -0.25) is 4.79 Å². The van der Waals surface area contributed by atoms with E-state index in [0.29, 0.717) is 11.6 Å². The molecule has 1 heterocycles. The molecule has 0 unspecified atom stereocenters. The molecular formula is C23H28N2O3. The Morgan fingerprint density at radius 3 is 2.39 bits per heavy atom. The molecule has 5 nitrogen and oxygen atoms in total. The van der Waals surface area contributed by atoms with Gasteiger partial charge in [-0.2, -0.15) is 0 Å². The van der Waals surface area contributed by atoms with E-state index in [0.717, 1.165) is 38.0 Å². The van der Waals surface area contributed by atoms with Crippen LogP contribution in [0.25, 0.3) is 0 Å². The molecule has 1 aliphatic heterocycles. The maximum Gasteiger partial charge on any atom is 0.337 e. The molecule has 1 aliphatic rings. The summed E-state index contributed by atoms with van der Waals surface area (Å²) < 4.78 is 0. The van der Waals surface area contributed by atoms with E-state index in [1.807, 2.05) is 12.1 Å². The molecule has 1 amide bonds. The molecule has 2 aromatic rings. The van der Waals surface area contributed by atoms with Gasteiger partial charge in [0.05, 0.1) is 11.3 Å². The fraction of sp³-hybridized carbons (Fsp3) is 0.391. The highest BCUT2D eigenvalue weighted by Gasteiger charge is 2.22. The van der Waals surface area contributed by atoms with Crippen molar-refractivity contribution >= 4 is 23.3 Å². The smallest absolute Gasteiger partial charge is 0.337 e. The van der Waals surface area contributed by atoms with Crippen LogP contribution in [0.15, 0.2) is 48.5 Å². The minimum Gasteiger partial charge on any atom is -0.478 e. The van der Waals surface area contributed by atoms with E-state index in [1.165, 1.54) is 5.56 Å². The standard InChI is InChI=1S/C23H28N2O3/c1-16(2)22(26)24-21-9-8-19(15-20(21)23(27)28)25-12-10-18(11-13-25)14-17-6-4-3-5-7-17/h3-9,15-16,18H,10-14H2,1-2H3,(H,24,26)(H,27,28). The van der Waals surface area contributed by atoms with Crippen molar-refractivity contribution in [2.24, 2.45) is 11.8 Å². The van der Waals surface area contributed by atoms with Crippen molar-refractivity contribution in [3.05, 3.63) is 59.7 Å². The van der Waals surface area contributed by atoms with Crippen LogP contribution >= 0.6 is 0 Å². The first-order valence-corrected chi connectivity index (χ1v) is 9.91. The fourth-order valence-corrected chi connectivity index (χ4v) is 3.63. The molecule has 2 aromatic carbocycles. The number of aromatic carboxylic acids is 1. The first kappa shape index (κ1) is 19.9. The molecule has 0 atom stereocenters. The van der Waals surface area contributed by atoms with Crippen LogP contribution in [0.4, 0.5) is 11.4 Å². The number of benzene rings is 2. The second-order valence-corrected chi connectivity index (χ2v) is 7.80. The largest absolute Gasteiger partial charge is 0.478 e. The minimum atomic E-state index is -1.03. The van der Waals surface area contributed by atoms with Crippen molar-refractivity contribution in [3.8, 4) is 0 Å². The summed E-state index contributed by atoms with van der Waals surface area (Å²) in [5, 5.41) is 12.3.